The van der Waals surface area contributed by atoms with E-state index in [1.54, 1.807) is 0 Å². The fourth-order valence-corrected chi connectivity index (χ4v) is 3.17. The van der Waals surface area contributed by atoms with Crippen LogP contribution in [0.5, 0.6) is 0 Å². The SMILES string of the molecule is CC(C)n1c(CCl)nnc1C1CCCC(C(F)(F)F)C1. The lowest BCUT2D eigenvalue weighted by Gasteiger charge is -2.30. The zero-order valence-electron chi connectivity index (χ0n) is 11.6. The van der Waals surface area contributed by atoms with Gasteiger partial charge in [-0.15, -0.1) is 21.8 Å². The number of halogens is 4. The van der Waals surface area contributed by atoms with Crippen LogP contribution >= 0.6 is 11.6 Å². The Kier molecular flexibility index (Phi) is 4.62. The molecule has 1 aliphatic rings. The molecule has 7 heteroatoms. The molecule has 0 amide bonds. The summed E-state index contributed by atoms with van der Waals surface area (Å²) in [6.45, 7) is 3.93. The predicted octanol–water partition coefficient (Wildman–Crippen LogP) is 4.43. The van der Waals surface area contributed by atoms with Gasteiger partial charge in [-0.05, 0) is 33.1 Å². The molecule has 2 unspecified atom stereocenters. The van der Waals surface area contributed by atoms with Gasteiger partial charge in [-0.1, -0.05) is 6.42 Å². The molecule has 20 heavy (non-hydrogen) atoms. The van der Waals surface area contributed by atoms with Gasteiger partial charge in [0.15, 0.2) is 0 Å². The van der Waals surface area contributed by atoms with E-state index in [-0.39, 0.29) is 30.7 Å². The first-order valence-electron chi connectivity index (χ1n) is 6.91. The van der Waals surface area contributed by atoms with E-state index >= 15 is 0 Å². The van der Waals surface area contributed by atoms with Gasteiger partial charge >= 0.3 is 6.18 Å². The molecule has 0 saturated heterocycles. The van der Waals surface area contributed by atoms with E-state index in [1.807, 2.05) is 18.4 Å². The van der Waals surface area contributed by atoms with E-state index in [0.29, 0.717) is 18.1 Å². The Hall–Kier alpha value is -0.780. The second-order valence-electron chi connectivity index (χ2n) is 5.67. The quantitative estimate of drug-likeness (QED) is 0.773. The van der Waals surface area contributed by atoms with Gasteiger partial charge in [0, 0.05) is 12.0 Å². The van der Waals surface area contributed by atoms with Crippen LogP contribution in [0.4, 0.5) is 13.2 Å². The molecule has 1 heterocycles. The zero-order valence-corrected chi connectivity index (χ0v) is 12.4. The third-order valence-corrected chi connectivity index (χ3v) is 4.17. The maximum absolute atomic E-state index is 12.9. The van der Waals surface area contributed by atoms with Crippen LogP contribution in [0.25, 0.3) is 0 Å². The van der Waals surface area contributed by atoms with Crippen LogP contribution in [-0.2, 0) is 5.88 Å². The van der Waals surface area contributed by atoms with Gasteiger partial charge in [-0.3, -0.25) is 0 Å². The molecule has 2 atom stereocenters. The second-order valence-corrected chi connectivity index (χ2v) is 5.94. The Morgan fingerprint density at radius 1 is 1.30 bits per heavy atom. The highest BCUT2D eigenvalue weighted by Gasteiger charge is 2.43. The maximum Gasteiger partial charge on any atom is 0.391 e. The minimum Gasteiger partial charge on any atom is -0.311 e. The molecule has 1 saturated carbocycles. The number of aromatic nitrogens is 3. The van der Waals surface area contributed by atoms with Crippen LogP contribution in [0.3, 0.4) is 0 Å². The molecule has 0 aromatic carbocycles. The molecule has 2 rings (SSSR count). The van der Waals surface area contributed by atoms with Crippen molar-refractivity contribution in [3.8, 4) is 0 Å². The first-order chi connectivity index (χ1) is 9.34. The number of hydrogen-bond acceptors (Lipinski definition) is 2. The van der Waals surface area contributed by atoms with Crippen molar-refractivity contribution in [2.75, 3.05) is 0 Å². The fourth-order valence-electron chi connectivity index (χ4n) is 2.99. The van der Waals surface area contributed by atoms with Gasteiger partial charge in [0.1, 0.15) is 11.6 Å². The van der Waals surface area contributed by atoms with Crippen molar-refractivity contribution < 1.29 is 13.2 Å². The van der Waals surface area contributed by atoms with Gasteiger partial charge in [0.05, 0.1) is 11.8 Å². The van der Waals surface area contributed by atoms with Crippen molar-refractivity contribution in [3.63, 3.8) is 0 Å². The standard InChI is InChI=1S/C13H19ClF3N3/c1-8(2)20-11(7-14)18-19-12(20)9-4-3-5-10(6-9)13(15,16)17/h8-10H,3-7H2,1-2H3. The molecule has 3 nitrogen and oxygen atoms in total. The molecule has 0 aliphatic heterocycles. The van der Waals surface area contributed by atoms with Crippen molar-refractivity contribution >= 4 is 11.6 Å². The molecular formula is C13H19ClF3N3. The lowest BCUT2D eigenvalue weighted by Crippen LogP contribution is -2.29. The summed E-state index contributed by atoms with van der Waals surface area (Å²) in [6.07, 6.45) is -2.47. The molecule has 1 aromatic heterocycles. The summed E-state index contributed by atoms with van der Waals surface area (Å²) >= 11 is 5.83. The molecule has 0 bridgehead atoms. The first-order valence-corrected chi connectivity index (χ1v) is 7.44. The Balaban J connectivity index is 2.25. The topological polar surface area (TPSA) is 30.7 Å². The molecule has 0 N–H and O–H groups in total. The van der Waals surface area contributed by atoms with Gasteiger partial charge in [0.25, 0.3) is 0 Å². The molecule has 1 fully saturated rings. The highest BCUT2D eigenvalue weighted by molar-refractivity contribution is 6.16. The number of nitrogens with zero attached hydrogens (tertiary/aromatic N) is 3. The zero-order chi connectivity index (χ0) is 14.9. The maximum atomic E-state index is 12.9. The molecule has 1 aromatic rings. The van der Waals surface area contributed by atoms with Crippen molar-refractivity contribution in [2.45, 2.75) is 63.5 Å². The van der Waals surface area contributed by atoms with Gasteiger partial charge in [-0.2, -0.15) is 13.2 Å². The summed E-state index contributed by atoms with van der Waals surface area (Å²) in [5.41, 5.74) is 0. The molecule has 0 spiro atoms. The minimum absolute atomic E-state index is 0.0972. The van der Waals surface area contributed by atoms with Crippen molar-refractivity contribution in [3.05, 3.63) is 11.6 Å². The Morgan fingerprint density at radius 3 is 2.55 bits per heavy atom. The van der Waals surface area contributed by atoms with E-state index in [9.17, 15) is 13.2 Å². The third kappa shape index (κ3) is 3.10. The largest absolute Gasteiger partial charge is 0.391 e. The summed E-state index contributed by atoms with van der Waals surface area (Å²) in [7, 11) is 0. The lowest BCUT2D eigenvalue weighted by molar-refractivity contribution is -0.183. The van der Waals surface area contributed by atoms with Crippen LogP contribution in [0.1, 0.15) is 63.1 Å². The van der Waals surface area contributed by atoms with E-state index in [1.165, 1.54) is 0 Å². The Bertz CT molecular complexity index is 456. The van der Waals surface area contributed by atoms with Gasteiger partial charge in [0.2, 0.25) is 0 Å². The number of alkyl halides is 4. The van der Waals surface area contributed by atoms with E-state index < -0.39 is 12.1 Å². The average molecular weight is 310 g/mol. The molecule has 0 radical (unpaired) electrons. The van der Waals surface area contributed by atoms with Crippen molar-refractivity contribution in [2.24, 2.45) is 5.92 Å². The van der Waals surface area contributed by atoms with Crippen LogP contribution in [-0.4, -0.2) is 20.9 Å². The lowest BCUT2D eigenvalue weighted by atomic mass is 9.80. The van der Waals surface area contributed by atoms with E-state index in [0.717, 1.165) is 6.42 Å². The van der Waals surface area contributed by atoms with E-state index in [2.05, 4.69) is 10.2 Å². The summed E-state index contributed by atoms with van der Waals surface area (Å²) in [5, 5.41) is 8.13. The van der Waals surface area contributed by atoms with Crippen LogP contribution in [0, 0.1) is 5.92 Å². The van der Waals surface area contributed by atoms with Crippen LogP contribution in [0.15, 0.2) is 0 Å². The third-order valence-electron chi connectivity index (χ3n) is 3.93. The average Bonchev–Trinajstić information content (AvgIpc) is 2.81. The normalized spacial score (nSPS) is 24.4. The van der Waals surface area contributed by atoms with Gasteiger partial charge in [-0.25, -0.2) is 0 Å². The van der Waals surface area contributed by atoms with Crippen molar-refractivity contribution in [1.82, 2.24) is 14.8 Å². The predicted molar refractivity (Wildman–Crippen MR) is 70.7 cm³/mol. The fraction of sp³-hybridized carbons (Fsp3) is 0.846. The molecule has 1 aliphatic carbocycles. The highest BCUT2D eigenvalue weighted by Crippen LogP contribution is 2.43. The number of hydrogen-bond donors (Lipinski definition) is 0. The molecular weight excluding hydrogens is 291 g/mol. The summed E-state index contributed by atoms with van der Waals surface area (Å²) in [6, 6.07) is 0.0972. The Labute approximate surface area is 121 Å². The van der Waals surface area contributed by atoms with Crippen LogP contribution < -0.4 is 0 Å². The highest BCUT2D eigenvalue weighted by atomic mass is 35.5. The number of rotatable bonds is 3. The Morgan fingerprint density at radius 2 is 2.00 bits per heavy atom. The van der Waals surface area contributed by atoms with Crippen molar-refractivity contribution in [1.29, 1.82) is 0 Å². The van der Waals surface area contributed by atoms with Crippen LogP contribution in [0.2, 0.25) is 0 Å². The summed E-state index contributed by atoms with van der Waals surface area (Å²) in [5.74, 6) is 0.108. The second kappa shape index (κ2) is 5.92. The first kappa shape index (κ1) is 15.6. The monoisotopic (exact) mass is 309 g/mol. The smallest absolute Gasteiger partial charge is 0.311 e. The van der Waals surface area contributed by atoms with Gasteiger partial charge < -0.3 is 4.57 Å². The summed E-state index contributed by atoms with van der Waals surface area (Å²) in [4.78, 5) is 0. The molecule has 114 valence electrons. The summed E-state index contributed by atoms with van der Waals surface area (Å²) < 4.78 is 40.6. The minimum atomic E-state index is -4.11. The van der Waals surface area contributed by atoms with E-state index in [4.69, 9.17) is 11.6 Å².